The fraction of sp³-hybridized carbons (Fsp3) is 0.231. The zero-order valence-electron chi connectivity index (χ0n) is 19.8. The second kappa shape index (κ2) is 10.2. The van der Waals surface area contributed by atoms with Crippen molar-refractivity contribution in [1.82, 2.24) is 9.97 Å². The molecule has 0 spiro atoms. The Hall–Kier alpha value is -4.20. The van der Waals surface area contributed by atoms with Gasteiger partial charge in [-0.2, -0.15) is 4.98 Å². The molecule has 4 rings (SSSR count). The van der Waals surface area contributed by atoms with E-state index < -0.39 is 0 Å². The van der Waals surface area contributed by atoms with E-state index in [9.17, 15) is 5.11 Å². The zero-order valence-corrected chi connectivity index (χ0v) is 19.8. The summed E-state index contributed by atoms with van der Waals surface area (Å²) < 4.78 is 11.0. The molecule has 0 aliphatic carbocycles. The predicted molar refractivity (Wildman–Crippen MR) is 137 cm³/mol. The van der Waals surface area contributed by atoms with Gasteiger partial charge in [0.05, 0.1) is 19.7 Å². The van der Waals surface area contributed by atoms with Gasteiger partial charge in [0, 0.05) is 43.5 Å². The van der Waals surface area contributed by atoms with Crippen LogP contribution in [-0.4, -0.2) is 49.9 Å². The number of anilines is 4. The summed E-state index contributed by atoms with van der Waals surface area (Å²) >= 11 is 0. The monoisotopic (exact) mass is 459 g/mol. The summed E-state index contributed by atoms with van der Waals surface area (Å²) in [5.41, 5.74) is 3.80. The van der Waals surface area contributed by atoms with Crippen molar-refractivity contribution in [2.24, 2.45) is 0 Å². The molecular formula is C26H29N5O3. The first-order valence-corrected chi connectivity index (χ1v) is 11.0. The number of phenolic OH excluding ortho intramolecular Hbond substituents is 1. The van der Waals surface area contributed by atoms with Gasteiger partial charge in [-0.1, -0.05) is 18.2 Å². The summed E-state index contributed by atoms with van der Waals surface area (Å²) in [4.78, 5) is 11.5. The second-order valence-corrected chi connectivity index (χ2v) is 8.03. The van der Waals surface area contributed by atoms with Gasteiger partial charge in [0.1, 0.15) is 11.6 Å². The van der Waals surface area contributed by atoms with Crippen LogP contribution in [-0.2, 0) is 6.42 Å². The number of fused-ring (bicyclic) bond motifs is 1. The summed E-state index contributed by atoms with van der Waals surface area (Å²) in [6.07, 6.45) is 0.771. The summed E-state index contributed by atoms with van der Waals surface area (Å²) in [5.74, 6) is 2.64. The average Bonchev–Trinajstić information content (AvgIpc) is 2.84. The number of rotatable bonds is 9. The highest BCUT2D eigenvalue weighted by atomic mass is 16.5. The number of nitrogens with zero attached hydrogens (tertiary/aromatic N) is 3. The van der Waals surface area contributed by atoms with Crippen LogP contribution in [0, 0.1) is 0 Å². The summed E-state index contributed by atoms with van der Waals surface area (Å²) in [7, 11) is 7.21. The number of hydrogen-bond acceptors (Lipinski definition) is 8. The van der Waals surface area contributed by atoms with E-state index in [2.05, 4.69) is 10.6 Å². The molecule has 0 aliphatic heterocycles. The van der Waals surface area contributed by atoms with Crippen molar-refractivity contribution in [2.45, 2.75) is 6.42 Å². The van der Waals surface area contributed by atoms with Crippen LogP contribution in [0.5, 0.6) is 17.2 Å². The van der Waals surface area contributed by atoms with Gasteiger partial charge in [0.2, 0.25) is 5.95 Å². The van der Waals surface area contributed by atoms with Gasteiger partial charge in [0.25, 0.3) is 0 Å². The van der Waals surface area contributed by atoms with E-state index in [1.807, 2.05) is 67.5 Å². The lowest BCUT2D eigenvalue weighted by Gasteiger charge is -2.16. The maximum Gasteiger partial charge on any atom is 0.229 e. The van der Waals surface area contributed by atoms with Crippen LogP contribution in [0.3, 0.4) is 0 Å². The Bertz CT molecular complexity index is 1280. The number of ether oxygens (including phenoxy) is 2. The van der Waals surface area contributed by atoms with Gasteiger partial charge in [-0.05, 0) is 48.4 Å². The van der Waals surface area contributed by atoms with Crippen LogP contribution in [0.1, 0.15) is 5.56 Å². The van der Waals surface area contributed by atoms with Crippen molar-refractivity contribution in [1.29, 1.82) is 0 Å². The van der Waals surface area contributed by atoms with Crippen LogP contribution in [0.15, 0.2) is 60.7 Å². The fourth-order valence-electron chi connectivity index (χ4n) is 3.63. The lowest BCUT2D eigenvalue weighted by Crippen LogP contribution is -2.10. The number of benzene rings is 3. The summed E-state index contributed by atoms with van der Waals surface area (Å²) in [5, 5.41) is 17.1. The second-order valence-electron chi connectivity index (χ2n) is 8.03. The van der Waals surface area contributed by atoms with Crippen molar-refractivity contribution >= 4 is 34.0 Å². The summed E-state index contributed by atoms with van der Waals surface area (Å²) in [6, 6.07) is 19.0. The van der Waals surface area contributed by atoms with Crippen molar-refractivity contribution in [3.8, 4) is 17.2 Å². The van der Waals surface area contributed by atoms with E-state index in [-0.39, 0.29) is 5.75 Å². The molecule has 0 atom stereocenters. The molecule has 4 aromatic rings. The Morgan fingerprint density at radius 1 is 0.912 bits per heavy atom. The van der Waals surface area contributed by atoms with E-state index in [4.69, 9.17) is 19.4 Å². The van der Waals surface area contributed by atoms with Crippen molar-refractivity contribution in [2.75, 3.05) is 50.4 Å². The highest BCUT2D eigenvalue weighted by Crippen LogP contribution is 2.35. The van der Waals surface area contributed by atoms with E-state index in [1.54, 1.807) is 26.4 Å². The van der Waals surface area contributed by atoms with Gasteiger partial charge in [-0.3, -0.25) is 0 Å². The third-order valence-corrected chi connectivity index (χ3v) is 5.46. The molecule has 0 radical (unpaired) electrons. The molecule has 0 bridgehead atoms. The first-order chi connectivity index (χ1) is 16.5. The maximum atomic E-state index is 9.51. The van der Waals surface area contributed by atoms with Gasteiger partial charge in [-0.15, -0.1) is 0 Å². The Morgan fingerprint density at radius 2 is 1.65 bits per heavy atom. The number of methoxy groups -OCH3 is 2. The normalized spacial score (nSPS) is 10.7. The molecule has 8 nitrogen and oxygen atoms in total. The molecule has 34 heavy (non-hydrogen) atoms. The van der Waals surface area contributed by atoms with Crippen LogP contribution < -0.4 is 25.0 Å². The highest BCUT2D eigenvalue weighted by molar-refractivity contribution is 5.93. The van der Waals surface area contributed by atoms with Crippen LogP contribution in [0.4, 0.5) is 23.1 Å². The SMILES string of the molecule is COc1cc2nc(Nc3cccc(N(C)C)c3)nc(NCCc3ccc(O)cc3)c2cc1OC. The quantitative estimate of drug-likeness (QED) is 0.328. The van der Waals surface area contributed by atoms with Crippen molar-refractivity contribution in [3.05, 3.63) is 66.2 Å². The molecule has 0 aliphatic rings. The first kappa shape index (κ1) is 23.0. The fourth-order valence-corrected chi connectivity index (χ4v) is 3.63. The minimum Gasteiger partial charge on any atom is -0.508 e. The number of aromatic hydroxyl groups is 1. The van der Waals surface area contributed by atoms with E-state index in [0.29, 0.717) is 29.8 Å². The van der Waals surface area contributed by atoms with Crippen LogP contribution >= 0.6 is 0 Å². The molecule has 0 saturated carbocycles. The van der Waals surface area contributed by atoms with E-state index in [0.717, 1.165) is 34.3 Å². The van der Waals surface area contributed by atoms with E-state index in [1.165, 1.54) is 0 Å². The number of nitrogens with one attached hydrogen (secondary N) is 2. The minimum atomic E-state index is 0.258. The Labute approximate surface area is 199 Å². The molecule has 0 amide bonds. The molecule has 0 saturated heterocycles. The molecule has 8 heteroatoms. The number of aromatic nitrogens is 2. The van der Waals surface area contributed by atoms with Gasteiger partial charge in [0.15, 0.2) is 11.5 Å². The van der Waals surface area contributed by atoms with Crippen molar-refractivity contribution < 1.29 is 14.6 Å². The lowest BCUT2D eigenvalue weighted by atomic mass is 10.1. The van der Waals surface area contributed by atoms with Gasteiger partial charge >= 0.3 is 0 Å². The first-order valence-electron chi connectivity index (χ1n) is 11.0. The molecular weight excluding hydrogens is 430 g/mol. The largest absolute Gasteiger partial charge is 0.508 e. The number of hydrogen-bond donors (Lipinski definition) is 3. The Balaban J connectivity index is 1.67. The van der Waals surface area contributed by atoms with Crippen LogP contribution in [0.2, 0.25) is 0 Å². The Morgan fingerprint density at radius 3 is 2.35 bits per heavy atom. The Kier molecular flexibility index (Phi) is 6.87. The van der Waals surface area contributed by atoms with Gasteiger partial charge < -0.3 is 30.1 Å². The lowest BCUT2D eigenvalue weighted by molar-refractivity contribution is 0.356. The minimum absolute atomic E-state index is 0.258. The molecule has 1 aromatic heterocycles. The molecule has 1 heterocycles. The maximum absolute atomic E-state index is 9.51. The molecule has 3 aromatic carbocycles. The average molecular weight is 460 g/mol. The highest BCUT2D eigenvalue weighted by Gasteiger charge is 2.14. The topological polar surface area (TPSA) is 91.8 Å². The molecule has 0 unspecified atom stereocenters. The third kappa shape index (κ3) is 5.23. The zero-order chi connectivity index (χ0) is 24.1. The third-order valence-electron chi connectivity index (χ3n) is 5.46. The number of phenols is 1. The summed E-state index contributed by atoms with van der Waals surface area (Å²) in [6.45, 7) is 0.654. The molecule has 0 fully saturated rings. The van der Waals surface area contributed by atoms with E-state index >= 15 is 0 Å². The van der Waals surface area contributed by atoms with Crippen molar-refractivity contribution in [3.63, 3.8) is 0 Å². The smallest absolute Gasteiger partial charge is 0.229 e. The predicted octanol–water partition coefficient (Wildman–Crippen LogP) is 4.82. The van der Waals surface area contributed by atoms with Crippen LogP contribution in [0.25, 0.3) is 10.9 Å². The molecule has 3 N–H and O–H groups in total. The standard InChI is InChI=1S/C26H29N5O3/c1-31(2)19-7-5-6-18(14-19)28-26-29-22-16-24(34-4)23(33-3)15-21(22)25(30-26)27-13-12-17-8-10-20(32)11-9-17/h5-11,14-16,32H,12-13H2,1-4H3,(H2,27,28,29,30). The molecule has 176 valence electrons. The van der Waals surface area contributed by atoms with Gasteiger partial charge in [-0.25, -0.2) is 4.98 Å².